The minimum atomic E-state index is -0.880. The highest BCUT2D eigenvalue weighted by atomic mass is 16.5. The zero-order chi connectivity index (χ0) is 20.3. The number of Topliss-reactive ketones (excluding diaryl/α,β-unsaturated/α-hetero) is 1. The number of hydrogen-bond donors (Lipinski definition) is 0. The number of benzene rings is 2. The first kappa shape index (κ1) is 19.4. The fourth-order valence-electron chi connectivity index (χ4n) is 3.09. The molecule has 5 heteroatoms. The van der Waals surface area contributed by atoms with Gasteiger partial charge < -0.3 is 14.0 Å². The number of ketones is 1. The Morgan fingerprint density at radius 2 is 1.36 bits per heavy atom. The van der Waals surface area contributed by atoms with Crippen molar-refractivity contribution in [1.29, 1.82) is 0 Å². The van der Waals surface area contributed by atoms with Crippen LogP contribution in [0.4, 0.5) is 0 Å². The van der Waals surface area contributed by atoms with Gasteiger partial charge in [0.25, 0.3) is 0 Å². The zero-order valence-electron chi connectivity index (χ0n) is 16.4. The number of carbonyl (C=O) groups is 2. The molecule has 0 spiro atoms. The lowest BCUT2D eigenvalue weighted by molar-refractivity contribution is 0.0319. The summed E-state index contributed by atoms with van der Waals surface area (Å²) in [5, 5.41) is 0. The normalized spacial score (nSPS) is 11.7. The molecular weight excluding hydrogens is 354 g/mol. The van der Waals surface area contributed by atoms with E-state index < -0.39 is 12.1 Å². The molecule has 0 aliphatic carbocycles. The van der Waals surface area contributed by atoms with Crippen LogP contribution in [0.15, 0.2) is 60.7 Å². The summed E-state index contributed by atoms with van der Waals surface area (Å²) in [6.07, 6.45) is -0.880. The van der Waals surface area contributed by atoms with E-state index >= 15 is 0 Å². The highest BCUT2D eigenvalue weighted by molar-refractivity contribution is 6.01. The van der Waals surface area contributed by atoms with Crippen LogP contribution in [0.1, 0.15) is 39.0 Å². The van der Waals surface area contributed by atoms with Gasteiger partial charge in [0.05, 0.1) is 12.7 Å². The number of rotatable bonds is 6. The Morgan fingerprint density at radius 3 is 1.89 bits per heavy atom. The topological polar surface area (TPSA) is 57.5 Å². The Hall–Kier alpha value is -3.34. The molecule has 1 heterocycles. The molecule has 0 amide bonds. The van der Waals surface area contributed by atoms with Crippen LogP contribution in [0.25, 0.3) is 5.69 Å². The van der Waals surface area contributed by atoms with Gasteiger partial charge in [0.2, 0.25) is 5.78 Å². The van der Waals surface area contributed by atoms with Crippen molar-refractivity contribution in [2.24, 2.45) is 0 Å². The number of aryl methyl sites for hydroxylation is 2. The zero-order valence-corrected chi connectivity index (χ0v) is 16.4. The molecule has 3 aromatic rings. The summed E-state index contributed by atoms with van der Waals surface area (Å²) >= 11 is 0. The van der Waals surface area contributed by atoms with Crippen molar-refractivity contribution in [2.45, 2.75) is 26.9 Å². The van der Waals surface area contributed by atoms with E-state index in [1.165, 1.54) is 0 Å². The molecule has 0 aliphatic rings. The van der Waals surface area contributed by atoms with Crippen molar-refractivity contribution in [3.8, 4) is 11.4 Å². The van der Waals surface area contributed by atoms with Crippen LogP contribution in [0.2, 0.25) is 0 Å². The van der Waals surface area contributed by atoms with E-state index in [4.69, 9.17) is 9.47 Å². The van der Waals surface area contributed by atoms with Crippen LogP contribution >= 0.6 is 0 Å². The summed E-state index contributed by atoms with van der Waals surface area (Å²) in [4.78, 5) is 24.9. The molecule has 0 N–H and O–H groups in total. The molecule has 5 nitrogen and oxygen atoms in total. The summed E-state index contributed by atoms with van der Waals surface area (Å²) in [7, 11) is 1.56. The van der Waals surface area contributed by atoms with Gasteiger partial charge in [0, 0.05) is 22.6 Å². The minimum absolute atomic E-state index is 0.258. The first-order valence-corrected chi connectivity index (χ1v) is 9.05. The SMILES string of the molecule is COc1ccc(C(=O)[C@@H](C)OC(=O)c2ccc(-n3c(C)ccc3C)cc2)cc1. The maximum absolute atomic E-state index is 12.5. The largest absolute Gasteiger partial charge is 0.497 e. The molecule has 0 fully saturated rings. The second kappa shape index (κ2) is 8.13. The monoisotopic (exact) mass is 377 g/mol. The number of carbonyl (C=O) groups excluding carboxylic acids is 2. The minimum Gasteiger partial charge on any atom is -0.497 e. The Bertz CT molecular complexity index is 965. The van der Waals surface area contributed by atoms with Gasteiger partial charge >= 0.3 is 5.97 Å². The standard InChI is InChI=1S/C23H23NO4/c1-15-5-6-16(2)24(15)20-11-7-19(8-12-20)23(26)28-17(3)22(25)18-9-13-21(27-4)14-10-18/h5-14,17H,1-4H3/t17-/m1/s1. The Morgan fingerprint density at radius 1 is 0.821 bits per heavy atom. The summed E-state index contributed by atoms with van der Waals surface area (Å²) in [5.74, 6) is -0.123. The van der Waals surface area contributed by atoms with E-state index in [1.807, 2.05) is 38.1 Å². The van der Waals surface area contributed by atoms with Crippen molar-refractivity contribution in [3.63, 3.8) is 0 Å². The average molecular weight is 377 g/mol. The molecule has 0 bridgehead atoms. The van der Waals surface area contributed by atoms with Crippen molar-refractivity contribution in [3.05, 3.63) is 83.2 Å². The quantitative estimate of drug-likeness (QED) is 0.468. The van der Waals surface area contributed by atoms with Crippen molar-refractivity contribution < 1.29 is 19.1 Å². The molecule has 0 saturated heterocycles. The number of ether oxygens (including phenoxy) is 2. The third-order valence-corrected chi connectivity index (χ3v) is 4.66. The molecule has 0 saturated carbocycles. The predicted octanol–water partition coefficient (Wildman–Crippen LogP) is 4.53. The summed E-state index contributed by atoms with van der Waals surface area (Å²) < 4.78 is 12.5. The lowest BCUT2D eigenvalue weighted by Crippen LogP contribution is -2.24. The number of esters is 1. The molecule has 144 valence electrons. The van der Waals surface area contributed by atoms with Gasteiger partial charge in [-0.25, -0.2) is 4.79 Å². The van der Waals surface area contributed by atoms with E-state index in [9.17, 15) is 9.59 Å². The van der Waals surface area contributed by atoms with Gasteiger partial charge in [-0.1, -0.05) is 0 Å². The summed E-state index contributed by atoms with van der Waals surface area (Å²) in [6.45, 7) is 5.63. The van der Waals surface area contributed by atoms with E-state index in [1.54, 1.807) is 50.4 Å². The van der Waals surface area contributed by atoms with Crippen LogP contribution in [0, 0.1) is 13.8 Å². The fourth-order valence-corrected chi connectivity index (χ4v) is 3.09. The molecular formula is C23H23NO4. The summed E-state index contributed by atoms with van der Waals surface area (Å²) in [5.41, 5.74) is 4.08. The predicted molar refractivity (Wildman–Crippen MR) is 107 cm³/mol. The molecule has 2 aromatic carbocycles. The van der Waals surface area contributed by atoms with Crippen molar-refractivity contribution >= 4 is 11.8 Å². The van der Waals surface area contributed by atoms with Gasteiger partial charge in [0.15, 0.2) is 6.10 Å². The lowest BCUT2D eigenvalue weighted by atomic mass is 10.1. The van der Waals surface area contributed by atoms with Crippen molar-refractivity contribution in [1.82, 2.24) is 4.57 Å². The first-order valence-electron chi connectivity index (χ1n) is 9.05. The van der Waals surface area contributed by atoms with Gasteiger partial charge in [-0.2, -0.15) is 0 Å². The Labute approximate surface area is 164 Å². The molecule has 0 aliphatic heterocycles. The van der Waals surface area contributed by atoms with Gasteiger partial charge in [-0.05, 0) is 81.4 Å². The van der Waals surface area contributed by atoms with Crippen LogP contribution in [0.5, 0.6) is 5.75 Å². The lowest BCUT2D eigenvalue weighted by Gasteiger charge is -2.14. The Kier molecular flexibility index (Phi) is 5.64. The number of hydrogen-bond acceptors (Lipinski definition) is 4. The second-order valence-electron chi connectivity index (χ2n) is 6.64. The van der Waals surface area contributed by atoms with E-state index in [0.717, 1.165) is 17.1 Å². The fraction of sp³-hybridized carbons (Fsp3) is 0.217. The molecule has 28 heavy (non-hydrogen) atoms. The van der Waals surface area contributed by atoms with Crippen LogP contribution < -0.4 is 4.74 Å². The average Bonchev–Trinajstić information content (AvgIpc) is 3.05. The highest BCUT2D eigenvalue weighted by Gasteiger charge is 2.20. The maximum atomic E-state index is 12.5. The number of methoxy groups -OCH3 is 1. The van der Waals surface area contributed by atoms with Crippen molar-refractivity contribution in [2.75, 3.05) is 7.11 Å². The van der Waals surface area contributed by atoms with Gasteiger partial charge in [-0.15, -0.1) is 0 Å². The molecule has 0 radical (unpaired) electrons. The number of nitrogens with zero attached hydrogens (tertiary/aromatic N) is 1. The van der Waals surface area contributed by atoms with E-state index in [0.29, 0.717) is 16.9 Å². The second-order valence-corrected chi connectivity index (χ2v) is 6.64. The van der Waals surface area contributed by atoms with E-state index in [2.05, 4.69) is 4.57 Å². The van der Waals surface area contributed by atoms with Crippen LogP contribution in [-0.4, -0.2) is 29.5 Å². The molecule has 1 aromatic heterocycles. The van der Waals surface area contributed by atoms with E-state index in [-0.39, 0.29) is 5.78 Å². The number of aromatic nitrogens is 1. The highest BCUT2D eigenvalue weighted by Crippen LogP contribution is 2.18. The molecule has 3 rings (SSSR count). The smallest absolute Gasteiger partial charge is 0.338 e. The van der Waals surface area contributed by atoms with Crippen LogP contribution in [0.3, 0.4) is 0 Å². The maximum Gasteiger partial charge on any atom is 0.338 e. The third kappa shape index (κ3) is 3.98. The molecule has 0 unspecified atom stereocenters. The summed E-state index contributed by atoms with van der Waals surface area (Å²) in [6, 6.07) is 18.0. The van der Waals surface area contributed by atoms with Gasteiger partial charge in [-0.3, -0.25) is 4.79 Å². The van der Waals surface area contributed by atoms with Crippen LogP contribution in [-0.2, 0) is 4.74 Å². The first-order chi connectivity index (χ1) is 13.4. The third-order valence-electron chi connectivity index (χ3n) is 4.66. The van der Waals surface area contributed by atoms with Gasteiger partial charge in [0.1, 0.15) is 5.75 Å². The molecule has 1 atom stereocenters. The Balaban J connectivity index is 1.69.